The van der Waals surface area contributed by atoms with E-state index in [0.29, 0.717) is 35.5 Å². The highest BCUT2D eigenvalue weighted by atomic mass is 19.4. The van der Waals surface area contributed by atoms with E-state index in [1.807, 2.05) is 20.8 Å². The van der Waals surface area contributed by atoms with Gasteiger partial charge in [-0.1, -0.05) is 26.8 Å². The number of H-pyrrole nitrogens is 1. The van der Waals surface area contributed by atoms with Gasteiger partial charge in [-0.05, 0) is 54.9 Å². The SMILES string of the molecule is CC.CCNC1CCN(c2ccc(-c3cn[nH]c3-c3ccc(F)cc3)cc2C(F)(F)F)C1. The van der Waals surface area contributed by atoms with Crippen molar-refractivity contribution in [2.75, 3.05) is 24.5 Å². The summed E-state index contributed by atoms with van der Waals surface area (Å²) in [7, 11) is 0. The van der Waals surface area contributed by atoms with Crippen LogP contribution in [0.25, 0.3) is 22.4 Å². The Morgan fingerprint density at radius 3 is 2.44 bits per heavy atom. The number of aromatic nitrogens is 2. The summed E-state index contributed by atoms with van der Waals surface area (Å²) in [5, 5.41) is 10.1. The maximum absolute atomic E-state index is 13.9. The second-order valence-electron chi connectivity index (χ2n) is 7.38. The van der Waals surface area contributed by atoms with Gasteiger partial charge < -0.3 is 10.2 Å². The van der Waals surface area contributed by atoms with Crippen molar-refractivity contribution in [3.63, 3.8) is 0 Å². The summed E-state index contributed by atoms with van der Waals surface area (Å²) in [6.45, 7) is 7.90. The summed E-state index contributed by atoms with van der Waals surface area (Å²) in [5.41, 5.74) is 1.66. The predicted molar refractivity (Wildman–Crippen MR) is 120 cm³/mol. The molecule has 8 heteroatoms. The third-order valence-electron chi connectivity index (χ3n) is 5.41. The van der Waals surface area contributed by atoms with Crippen molar-refractivity contribution < 1.29 is 17.6 Å². The monoisotopic (exact) mass is 448 g/mol. The lowest BCUT2D eigenvalue weighted by Gasteiger charge is -2.24. The fourth-order valence-corrected chi connectivity index (χ4v) is 3.98. The highest BCUT2D eigenvalue weighted by Gasteiger charge is 2.37. The number of nitrogens with zero attached hydrogens (tertiary/aromatic N) is 2. The van der Waals surface area contributed by atoms with E-state index in [0.717, 1.165) is 13.0 Å². The van der Waals surface area contributed by atoms with Crippen molar-refractivity contribution in [3.05, 3.63) is 60.0 Å². The van der Waals surface area contributed by atoms with E-state index in [1.165, 1.54) is 30.5 Å². The molecule has 3 aromatic rings. The minimum absolute atomic E-state index is 0.190. The van der Waals surface area contributed by atoms with Gasteiger partial charge in [-0.2, -0.15) is 18.3 Å². The van der Waals surface area contributed by atoms with Crippen molar-refractivity contribution in [1.82, 2.24) is 15.5 Å². The summed E-state index contributed by atoms with van der Waals surface area (Å²) >= 11 is 0. The van der Waals surface area contributed by atoms with Crippen LogP contribution in [0, 0.1) is 5.82 Å². The first-order valence-corrected chi connectivity index (χ1v) is 10.9. The van der Waals surface area contributed by atoms with Crippen molar-refractivity contribution >= 4 is 5.69 Å². The fraction of sp³-hybridized carbons (Fsp3) is 0.375. The van der Waals surface area contributed by atoms with Crippen molar-refractivity contribution in [2.24, 2.45) is 0 Å². The van der Waals surface area contributed by atoms with Crippen molar-refractivity contribution in [2.45, 2.75) is 39.4 Å². The number of rotatable bonds is 5. The molecular weight excluding hydrogens is 420 g/mol. The van der Waals surface area contributed by atoms with Gasteiger partial charge in [0.1, 0.15) is 5.82 Å². The summed E-state index contributed by atoms with van der Waals surface area (Å²) < 4.78 is 55.0. The van der Waals surface area contributed by atoms with Gasteiger partial charge in [-0.25, -0.2) is 4.39 Å². The molecule has 1 aromatic heterocycles. The zero-order chi connectivity index (χ0) is 23.3. The molecule has 0 aliphatic carbocycles. The topological polar surface area (TPSA) is 44.0 Å². The standard InChI is InChI=1S/C22H22F4N4.C2H6/c1-2-27-17-9-10-30(13-17)20-8-5-15(11-19(20)22(24,25)26)18-12-28-29-21(18)14-3-6-16(23)7-4-14;1-2/h3-8,11-12,17,27H,2,9-10,13H2,1H3,(H,28,29);1-2H3. The Labute approximate surface area is 185 Å². The van der Waals surface area contributed by atoms with Gasteiger partial charge in [0.15, 0.2) is 0 Å². The zero-order valence-corrected chi connectivity index (χ0v) is 18.4. The number of nitrogens with one attached hydrogen (secondary N) is 2. The second-order valence-corrected chi connectivity index (χ2v) is 7.38. The van der Waals surface area contributed by atoms with E-state index in [1.54, 1.807) is 23.1 Å². The molecule has 0 saturated carbocycles. The smallest absolute Gasteiger partial charge is 0.369 e. The molecule has 0 amide bonds. The van der Waals surface area contributed by atoms with Crippen LogP contribution in [0.4, 0.5) is 23.2 Å². The highest BCUT2D eigenvalue weighted by molar-refractivity contribution is 5.81. The van der Waals surface area contributed by atoms with Gasteiger partial charge >= 0.3 is 6.18 Å². The molecule has 1 aliphatic heterocycles. The van der Waals surface area contributed by atoms with Gasteiger partial charge in [0.25, 0.3) is 0 Å². The molecule has 2 aromatic carbocycles. The minimum Gasteiger partial charge on any atom is -0.369 e. The first-order valence-electron chi connectivity index (χ1n) is 10.9. The molecule has 0 radical (unpaired) electrons. The number of halogens is 4. The van der Waals surface area contributed by atoms with Crippen LogP contribution in [-0.2, 0) is 6.18 Å². The maximum Gasteiger partial charge on any atom is 0.418 e. The van der Waals surface area contributed by atoms with Crippen LogP contribution in [-0.4, -0.2) is 35.9 Å². The highest BCUT2D eigenvalue weighted by Crippen LogP contribution is 2.41. The van der Waals surface area contributed by atoms with Crippen LogP contribution < -0.4 is 10.2 Å². The second kappa shape index (κ2) is 10.2. The maximum atomic E-state index is 13.9. The Bertz CT molecular complexity index is 1010. The molecule has 1 aliphatic rings. The molecule has 1 fully saturated rings. The number of anilines is 1. The Kier molecular flexibility index (Phi) is 7.56. The van der Waals surface area contributed by atoms with Crippen LogP contribution in [0.15, 0.2) is 48.7 Å². The summed E-state index contributed by atoms with van der Waals surface area (Å²) in [6, 6.07) is 10.3. The van der Waals surface area contributed by atoms with E-state index >= 15 is 0 Å². The first-order chi connectivity index (χ1) is 15.4. The predicted octanol–water partition coefficient (Wildman–Crippen LogP) is 6.12. The van der Waals surface area contributed by atoms with Gasteiger partial charge in [0, 0.05) is 35.9 Å². The number of hydrogen-bond donors (Lipinski definition) is 2. The van der Waals surface area contributed by atoms with E-state index in [4.69, 9.17) is 0 Å². The summed E-state index contributed by atoms with van der Waals surface area (Å²) in [6.07, 6.45) is -2.18. The molecule has 1 unspecified atom stereocenters. The molecule has 4 nitrogen and oxygen atoms in total. The van der Waals surface area contributed by atoms with Gasteiger partial charge in [-0.15, -0.1) is 0 Å². The normalized spacial score (nSPS) is 16.1. The molecular formula is C24H28F4N4. The van der Waals surface area contributed by atoms with Crippen LogP contribution in [0.5, 0.6) is 0 Å². The molecule has 172 valence electrons. The average molecular weight is 449 g/mol. The average Bonchev–Trinajstić information content (AvgIpc) is 3.45. The van der Waals surface area contributed by atoms with Crippen LogP contribution in [0.2, 0.25) is 0 Å². The van der Waals surface area contributed by atoms with Crippen LogP contribution in [0.1, 0.15) is 32.8 Å². The Hall–Kier alpha value is -2.87. The van der Waals surface area contributed by atoms with E-state index in [2.05, 4.69) is 15.5 Å². The quantitative estimate of drug-likeness (QED) is 0.463. The number of aromatic amines is 1. The van der Waals surface area contributed by atoms with Gasteiger partial charge in [0.05, 0.1) is 17.5 Å². The van der Waals surface area contributed by atoms with E-state index in [9.17, 15) is 17.6 Å². The lowest BCUT2D eigenvalue weighted by Crippen LogP contribution is -2.32. The number of benzene rings is 2. The molecule has 0 spiro atoms. The first kappa shape index (κ1) is 23.8. The van der Waals surface area contributed by atoms with Gasteiger partial charge in [0.2, 0.25) is 0 Å². The van der Waals surface area contributed by atoms with Crippen LogP contribution >= 0.6 is 0 Å². The molecule has 2 heterocycles. The van der Waals surface area contributed by atoms with Crippen molar-refractivity contribution in [1.29, 1.82) is 0 Å². The van der Waals surface area contributed by atoms with Crippen molar-refractivity contribution in [3.8, 4) is 22.4 Å². The molecule has 1 atom stereocenters. The molecule has 4 rings (SSSR count). The Balaban J connectivity index is 0.00000141. The summed E-state index contributed by atoms with van der Waals surface area (Å²) in [5.74, 6) is -0.384. The van der Waals surface area contributed by atoms with E-state index in [-0.39, 0.29) is 17.5 Å². The summed E-state index contributed by atoms with van der Waals surface area (Å²) in [4.78, 5) is 1.79. The number of alkyl halides is 3. The van der Waals surface area contributed by atoms with E-state index < -0.39 is 11.7 Å². The molecule has 1 saturated heterocycles. The molecule has 2 N–H and O–H groups in total. The third-order valence-corrected chi connectivity index (χ3v) is 5.41. The molecule has 32 heavy (non-hydrogen) atoms. The van der Waals surface area contributed by atoms with Gasteiger partial charge in [-0.3, -0.25) is 5.10 Å². The fourth-order valence-electron chi connectivity index (χ4n) is 3.98. The minimum atomic E-state index is -4.48. The molecule has 0 bridgehead atoms. The lowest BCUT2D eigenvalue weighted by molar-refractivity contribution is -0.137. The number of hydrogen-bond acceptors (Lipinski definition) is 3. The lowest BCUT2D eigenvalue weighted by atomic mass is 9.98. The number of likely N-dealkylation sites (N-methyl/N-ethyl adjacent to an activating group) is 1. The largest absolute Gasteiger partial charge is 0.418 e. The Morgan fingerprint density at radius 1 is 1.09 bits per heavy atom. The van der Waals surface area contributed by atoms with Crippen LogP contribution in [0.3, 0.4) is 0 Å². The Morgan fingerprint density at radius 2 is 1.78 bits per heavy atom. The zero-order valence-electron chi connectivity index (χ0n) is 18.4. The third kappa shape index (κ3) is 5.12.